The summed E-state index contributed by atoms with van der Waals surface area (Å²) in [6.07, 6.45) is 13.5. The van der Waals surface area contributed by atoms with Crippen LogP contribution in [0.4, 0.5) is 0 Å². The molecule has 0 unspecified atom stereocenters. The van der Waals surface area contributed by atoms with E-state index < -0.39 is 0 Å². The molecule has 0 aliphatic heterocycles. The van der Waals surface area contributed by atoms with Crippen LogP contribution in [-0.2, 0) is 12.8 Å². The van der Waals surface area contributed by atoms with Crippen LogP contribution in [0.15, 0.2) is 42.5 Å². The van der Waals surface area contributed by atoms with E-state index in [1.54, 1.807) is 0 Å². The highest BCUT2D eigenvalue weighted by molar-refractivity contribution is 5.79. The zero-order valence-corrected chi connectivity index (χ0v) is 12.6. The molecular weight excluding hydrogens is 252 g/mol. The average molecular weight is 274 g/mol. The van der Waals surface area contributed by atoms with Gasteiger partial charge in [0.1, 0.15) is 0 Å². The molecule has 0 radical (unpaired) electrons. The summed E-state index contributed by atoms with van der Waals surface area (Å²) < 4.78 is 0. The highest BCUT2D eigenvalue weighted by Crippen LogP contribution is 2.39. The van der Waals surface area contributed by atoms with Gasteiger partial charge in [0.05, 0.1) is 0 Å². The topological polar surface area (TPSA) is 0 Å². The Kier molecular flexibility index (Phi) is 4.41. The molecule has 1 aliphatic carbocycles. The van der Waals surface area contributed by atoms with Gasteiger partial charge >= 0.3 is 0 Å². The normalized spacial score (nSPS) is 11.8. The third kappa shape index (κ3) is 3.03. The van der Waals surface area contributed by atoms with Gasteiger partial charge in [0.25, 0.3) is 0 Å². The predicted molar refractivity (Wildman–Crippen MR) is 90.3 cm³/mol. The van der Waals surface area contributed by atoms with Crippen LogP contribution in [0.25, 0.3) is 11.1 Å². The van der Waals surface area contributed by atoms with E-state index in [0.29, 0.717) is 0 Å². The summed E-state index contributed by atoms with van der Waals surface area (Å²) in [5.41, 5.74) is 7.47. The van der Waals surface area contributed by atoms with Crippen LogP contribution in [0.2, 0.25) is 0 Å². The first-order valence-electron chi connectivity index (χ1n) is 8.02. The summed E-state index contributed by atoms with van der Waals surface area (Å²) >= 11 is 0. The first-order chi connectivity index (χ1) is 10.4. The van der Waals surface area contributed by atoms with Gasteiger partial charge in [0, 0.05) is 6.42 Å². The van der Waals surface area contributed by atoms with Gasteiger partial charge < -0.3 is 0 Å². The Morgan fingerprint density at radius 2 is 1.67 bits per heavy atom. The molecule has 3 rings (SSSR count). The minimum atomic E-state index is 0.925. The summed E-state index contributed by atoms with van der Waals surface area (Å²) in [4.78, 5) is 0. The second-order valence-corrected chi connectivity index (χ2v) is 5.90. The maximum absolute atomic E-state index is 5.29. The number of fused-ring (bicyclic) bond motifs is 3. The third-order valence-electron chi connectivity index (χ3n) is 4.42. The van der Waals surface area contributed by atoms with Crippen molar-refractivity contribution in [3.8, 4) is 23.5 Å². The average Bonchev–Trinajstić information content (AvgIpc) is 2.90. The largest absolute Gasteiger partial charge is 0.120 e. The number of hydrogen-bond acceptors (Lipinski definition) is 0. The molecule has 0 nitrogen and oxygen atoms in total. The van der Waals surface area contributed by atoms with Gasteiger partial charge in [-0.1, -0.05) is 55.3 Å². The van der Waals surface area contributed by atoms with Crippen molar-refractivity contribution in [1.29, 1.82) is 0 Å². The number of rotatable bonds is 6. The molecule has 0 aromatic heterocycles. The Labute approximate surface area is 128 Å². The van der Waals surface area contributed by atoms with Gasteiger partial charge in [-0.05, 0) is 53.5 Å². The van der Waals surface area contributed by atoms with E-state index >= 15 is 0 Å². The smallest absolute Gasteiger partial charge is 0.00860 e. The van der Waals surface area contributed by atoms with Crippen LogP contribution in [0.5, 0.6) is 0 Å². The Balaban J connectivity index is 1.69. The minimum absolute atomic E-state index is 0.925. The van der Waals surface area contributed by atoms with Gasteiger partial charge in [0.15, 0.2) is 0 Å². The molecule has 0 bridgehead atoms. The van der Waals surface area contributed by atoms with Gasteiger partial charge in [-0.2, -0.15) is 0 Å². The second kappa shape index (κ2) is 6.64. The lowest BCUT2D eigenvalue weighted by atomic mass is 9.95. The Hall–Kier alpha value is -2.00. The van der Waals surface area contributed by atoms with E-state index in [0.717, 1.165) is 12.8 Å². The van der Waals surface area contributed by atoms with Gasteiger partial charge in [0.2, 0.25) is 0 Å². The maximum atomic E-state index is 5.29. The fourth-order valence-electron chi connectivity index (χ4n) is 3.37. The zero-order valence-electron chi connectivity index (χ0n) is 12.6. The molecule has 0 heteroatoms. The van der Waals surface area contributed by atoms with Crippen molar-refractivity contribution in [1.82, 2.24) is 0 Å². The van der Waals surface area contributed by atoms with E-state index in [-0.39, 0.29) is 0 Å². The SMILES string of the molecule is C#CCCCCCCc1cccc2c1-c1ccccc1C2. The van der Waals surface area contributed by atoms with E-state index in [4.69, 9.17) is 6.42 Å². The number of terminal acetylenes is 1. The lowest BCUT2D eigenvalue weighted by molar-refractivity contribution is 0.650. The fraction of sp³-hybridized carbons (Fsp3) is 0.333. The molecule has 0 spiro atoms. The fourth-order valence-corrected chi connectivity index (χ4v) is 3.37. The van der Waals surface area contributed by atoms with Crippen LogP contribution < -0.4 is 0 Å². The number of hydrogen-bond donors (Lipinski definition) is 0. The van der Waals surface area contributed by atoms with Crippen molar-refractivity contribution in [2.45, 2.75) is 44.9 Å². The molecule has 106 valence electrons. The molecule has 1 aliphatic rings. The Bertz CT molecular complexity index is 658. The zero-order chi connectivity index (χ0) is 14.5. The summed E-state index contributed by atoms with van der Waals surface area (Å²) in [5, 5.41) is 0. The quantitative estimate of drug-likeness (QED) is 0.418. The van der Waals surface area contributed by atoms with E-state index in [1.807, 2.05) is 0 Å². The molecule has 0 atom stereocenters. The van der Waals surface area contributed by atoms with Crippen molar-refractivity contribution in [2.24, 2.45) is 0 Å². The molecule has 0 saturated heterocycles. The molecule has 0 heterocycles. The number of aryl methyl sites for hydroxylation is 1. The van der Waals surface area contributed by atoms with Crippen LogP contribution >= 0.6 is 0 Å². The molecule has 2 aromatic rings. The molecule has 2 aromatic carbocycles. The van der Waals surface area contributed by atoms with Crippen molar-refractivity contribution in [3.63, 3.8) is 0 Å². The first-order valence-corrected chi connectivity index (χ1v) is 8.02. The van der Waals surface area contributed by atoms with Crippen LogP contribution in [0.1, 0.15) is 48.8 Å². The number of benzene rings is 2. The lowest BCUT2D eigenvalue weighted by Gasteiger charge is -2.09. The van der Waals surface area contributed by atoms with Crippen molar-refractivity contribution < 1.29 is 0 Å². The Morgan fingerprint density at radius 1 is 0.857 bits per heavy atom. The summed E-state index contributed by atoms with van der Waals surface area (Å²) in [7, 11) is 0. The van der Waals surface area contributed by atoms with Crippen molar-refractivity contribution in [3.05, 3.63) is 59.2 Å². The predicted octanol–water partition coefficient (Wildman–Crippen LogP) is 5.38. The number of unbranched alkanes of at least 4 members (excludes halogenated alkanes) is 4. The van der Waals surface area contributed by atoms with E-state index in [1.165, 1.54) is 59.9 Å². The maximum Gasteiger partial charge on any atom is 0.00860 e. The molecule has 21 heavy (non-hydrogen) atoms. The standard InChI is InChI=1S/C21H22/c1-2-3-4-5-6-7-11-17-13-10-14-19-16-18-12-8-9-15-20(18)21(17)19/h1,8-10,12-15H,3-7,11,16H2. The highest BCUT2D eigenvalue weighted by atomic mass is 14.2. The third-order valence-corrected chi connectivity index (χ3v) is 4.42. The summed E-state index contributed by atoms with van der Waals surface area (Å²) in [5.74, 6) is 2.72. The second-order valence-electron chi connectivity index (χ2n) is 5.90. The van der Waals surface area contributed by atoms with Crippen LogP contribution in [0, 0.1) is 12.3 Å². The monoisotopic (exact) mass is 274 g/mol. The van der Waals surface area contributed by atoms with Crippen LogP contribution in [0.3, 0.4) is 0 Å². The molecule has 0 saturated carbocycles. The van der Waals surface area contributed by atoms with Gasteiger partial charge in [-0.15, -0.1) is 12.3 Å². The Morgan fingerprint density at radius 3 is 2.57 bits per heavy atom. The molecule has 0 fully saturated rings. The van der Waals surface area contributed by atoms with E-state index in [9.17, 15) is 0 Å². The first kappa shape index (κ1) is 14.0. The highest BCUT2D eigenvalue weighted by Gasteiger charge is 2.19. The van der Waals surface area contributed by atoms with Crippen LogP contribution in [-0.4, -0.2) is 0 Å². The van der Waals surface area contributed by atoms with Gasteiger partial charge in [-0.25, -0.2) is 0 Å². The lowest BCUT2D eigenvalue weighted by Crippen LogP contribution is -1.91. The molecular formula is C21H22. The van der Waals surface area contributed by atoms with Crippen molar-refractivity contribution >= 4 is 0 Å². The molecule has 0 amide bonds. The summed E-state index contributed by atoms with van der Waals surface area (Å²) in [6, 6.07) is 15.7. The van der Waals surface area contributed by atoms with E-state index in [2.05, 4.69) is 48.4 Å². The molecule has 0 N–H and O–H groups in total. The van der Waals surface area contributed by atoms with Crippen molar-refractivity contribution in [2.75, 3.05) is 0 Å². The minimum Gasteiger partial charge on any atom is -0.120 e. The summed E-state index contributed by atoms with van der Waals surface area (Å²) in [6.45, 7) is 0. The van der Waals surface area contributed by atoms with Gasteiger partial charge in [-0.3, -0.25) is 0 Å².